The molecule has 0 saturated heterocycles. The maximum absolute atomic E-state index is 12.2. The van der Waals surface area contributed by atoms with E-state index in [1.165, 1.54) is 0 Å². The number of rotatable bonds is 2. The number of nitrogens with two attached hydrogens (primary N) is 1. The highest BCUT2D eigenvalue weighted by Gasteiger charge is 2.16. The van der Waals surface area contributed by atoms with Gasteiger partial charge in [0.15, 0.2) is 0 Å². The third-order valence-electron chi connectivity index (χ3n) is 2.60. The number of nitrogen functional groups attached to an aromatic ring is 1. The van der Waals surface area contributed by atoms with Crippen molar-refractivity contribution in [2.24, 2.45) is 7.05 Å². The summed E-state index contributed by atoms with van der Waals surface area (Å²) in [6.45, 7) is 0. The van der Waals surface area contributed by atoms with Gasteiger partial charge < -0.3 is 15.2 Å². The summed E-state index contributed by atoms with van der Waals surface area (Å²) in [5, 5.41) is 0. The number of hydrogen-bond donors (Lipinski definition) is 1. The van der Waals surface area contributed by atoms with E-state index in [9.17, 15) is 4.79 Å². The van der Waals surface area contributed by atoms with E-state index >= 15 is 0 Å². The van der Waals surface area contributed by atoms with Crippen molar-refractivity contribution in [2.45, 2.75) is 0 Å². The minimum atomic E-state index is -0.101. The van der Waals surface area contributed by atoms with Crippen molar-refractivity contribution in [3.8, 4) is 0 Å². The number of amides is 1. The number of aryl methyl sites for hydroxylation is 1. The quantitative estimate of drug-likeness (QED) is 0.845. The van der Waals surface area contributed by atoms with Crippen LogP contribution in [-0.4, -0.2) is 22.5 Å². The average Bonchev–Trinajstić information content (AvgIpc) is 2.68. The molecule has 2 N–H and O–H groups in total. The molecule has 2 rings (SSSR count). The molecule has 0 unspecified atom stereocenters. The van der Waals surface area contributed by atoms with E-state index in [1.54, 1.807) is 60.4 Å². The molecule has 0 aromatic carbocycles. The fraction of sp³-hybridized carbons (Fsp3) is 0.167. The summed E-state index contributed by atoms with van der Waals surface area (Å²) in [4.78, 5) is 17.7. The lowest BCUT2D eigenvalue weighted by Gasteiger charge is -2.17. The van der Waals surface area contributed by atoms with Crippen LogP contribution in [-0.2, 0) is 7.05 Å². The minimum absolute atomic E-state index is 0.101. The molecule has 1 amide bonds. The number of aromatic nitrogens is 2. The van der Waals surface area contributed by atoms with Gasteiger partial charge in [-0.25, -0.2) is 0 Å². The van der Waals surface area contributed by atoms with Gasteiger partial charge in [0.25, 0.3) is 5.91 Å². The van der Waals surface area contributed by atoms with E-state index in [4.69, 9.17) is 5.73 Å². The van der Waals surface area contributed by atoms with E-state index in [0.717, 1.165) is 5.69 Å². The Labute approximate surface area is 99.5 Å². The maximum atomic E-state index is 12.2. The predicted octanol–water partition coefficient (Wildman–Crippen LogP) is 1.28. The largest absolute Gasteiger partial charge is 0.397 e. The van der Waals surface area contributed by atoms with Gasteiger partial charge in [-0.1, -0.05) is 0 Å². The van der Waals surface area contributed by atoms with Crippen LogP contribution in [0.5, 0.6) is 0 Å². The molecule has 2 aromatic heterocycles. The second-order valence-electron chi connectivity index (χ2n) is 3.84. The van der Waals surface area contributed by atoms with Gasteiger partial charge in [0.2, 0.25) is 0 Å². The zero-order valence-electron chi connectivity index (χ0n) is 9.79. The Morgan fingerprint density at radius 2 is 2.06 bits per heavy atom. The molecule has 0 radical (unpaired) electrons. The molecule has 0 aliphatic rings. The zero-order chi connectivity index (χ0) is 12.4. The summed E-state index contributed by atoms with van der Waals surface area (Å²) in [5.74, 6) is -0.101. The molecule has 2 aromatic rings. The molecule has 0 atom stereocenters. The van der Waals surface area contributed by atoms with Gasteiger partial charge in [-0.2, -0.15) is 0 Å². The van der Waals surface area contributed by atoms with Crippen LogP contribution in [0.25, 0.3) is 0 Å². The third-order valence-corrected chi connectivity index (χ3v) is 2.60. The van der Waals surface area contributed by atoms with Crippen LogP contribution >= 0.6 is 0 Å². The third kappa shape index (κ3) is 2.13. The summed E-state index contributed by atoms with van der Waals surface area (Å²) < 4.78 is 1.72. The molecule has 0 aliphatic heterocycles. The maximum Gasteiger partial charge on any atom is 0.274 e. The molecule has 5 heteroatoms. The second-order valence-corrected chi connectivity index (χ2v) is 3.84. The Hall–Kier alpha value is -2.30. The highest BCUT2D eigenvalue weighted by Crippen LogP contribution is 2.16. The fourth-order valence-corrected chi connectivity index (χ4v) is 1.66. The smallest absolute Gasteiger partial charge is 0.274 e. The SMILES string of the molecule is CN(C(=O)c1cc(N)cn1C)c1ccncc1. The van der Waals surface area contributed by atoms with Crippen molar-refractivity contribution in [3.63, 3.8) is 0 Å². The Morgan fingerprint density at radius 3 is 2.59 bits per heavy atom. The number of carbonyl (C=O) groups excluding carboxylic acids is 1. The first-order valence-electron chi connectivity index (χ1n) is 5.19. The number of nitrogens with zero attached hydrogens (tertiary/aromatic N) is 3. The molecule has 0 bridgehead atoms. The Kier molecular flexibility index (Phi) is 2.82. The molecule has 0 aliphatic carbocycles. The summed E-state index contributed by atoms with van der Waals surface area (Å²) in [7, 11) is 3.52. The molecular formula is C12H14N4O. The normalized spacial score (nSPS) is 10.2. The molecule has 88 valence electrons. The average molecular weight is 230 g/mol. The Bertz CT molecular complexity index is 533. The molecule has 17 heavy (non-hydrogen) atoms. The van der Waals surface area contributed by atoms with E-state index < -0.39 is 0 Å². The van der Waals surface area contributed by atoms with Crippen LogP contribution in [0.15, 0.2) is 36.8 Å². The first-order valence-corrected chi connectivity index (χ1v) is 5.19. The predicted molar refractivity (Wildman–Crippen MR) is 66.8 cm³/mol. The number of pyridine rings is 1. The van der Waals surface area contributed by atoms with Crippen LogP contribution in [0.3, 0.4) is 0 Å². The van der Waals surface area contributed by atoms with Crippen molar-refractivity contribution < 1.29 is 4.79 Å². The van der Waals surface area contributed by atoms with Crippen molar-refractivity contribution in [1.82, 2.24) is 9.55 Å². The molecule has 0 fully saturated rings. The van der Waals surface area contributed by atoms with Crippen molar-refractivity contribution in [2.75, 3.05) is 17.7 Å². The lowest BCUT2D eigenvalue weighted by Crippen LogP contribution is -2.27. The summed E-state index contributed by atoms with van der Waals surface area (Å²) in [6.07, 6.45) is 5.02. The van der Waals surface area contributed by atoms with Gasteiger partial charge in [0.05, 0.1) is 5.69 Å². The van der Waals surface area contributed by atoms with Gasteiger partial charge in [-0.15, -0.1) is 0 Å². The molecule has 5 nitrogen and oxygen atoms in total. The minimum Gasteiger partial charge on any atom is -0.397 e. The number of hydrogen-bond acceptors (Lipinski definition) is 3. The van der Waals surface area contributed by atoms with E-state index in [2.05, 4.69) is 4.98 Å². The second kappa shape index (κ2) is 4.29. The van der Waals surface area contributed by atoms with Crippen molar-refractivity contribution >= 4 is 17.3 Å². The number of anilines is 2. The van der Waals surface area contributed by atoms with Crippen LogP contribution in [0, 0.1) is 0 Å². The molecule has 0 spiro atoms. The fourth-order valence-electron chi connectivity index (χ4n) is 1.66. The molecule has 0 saturated carbocycles. The van der Waals surface area contributed by atoms with Crippen molar-refractivity contribution in [1.29, 1.82) is 0 Å². The summed E-state index contributed by atoms with van der Waals surface area (Å²) in [6, 6.07) is 5.23. The van der Waals surface area contributed by atoms with Gasteiger partial charge >= 0.3 is 0 Å². The van der Waals surface area contributed by atoms with Gasteiger partial charge in [-0.05, 0) is 18.2 Å². The first-order chi connectivity index (χ1) is 8.09. The van der Waals surface area contributed by atoms with Crippen LogP contribution in [0.4, 0.5) is 11.4 Å². The highest BCUT2D eigenvalue weighted by molar-refractivity contribution is 6.05. The van der Waals surface area contributed by atoms with E-state index in [-0.39, 0.29) is 5.91 Å². The first kappa shape index (κ1) is 11.2. The topological polar surface area (TPSA) is 64.2 Å². The number of carbonyl (C=O) groups is 1. The van der Waals surface area contributed by atoms with Crippen LogP contribution in [0.2, 0.25) is 0 Å². The zero-order valence-corrected chi connectivity index (χ0v) is 9.79. The van der Waals surface area contributed by atoms with Gasteiger partial charge in [0.1, 0.15) is 5.69 Å². The monoisotopic (exact) mass is 230 g/mol. The van der Waals surface area contributed by atoms with Crippen LogP contribution in [0.1, 0.15) is 10.5 Å². The van der Waals surface area contributed by atoms with Crippen molar-refractivity contribution in [3.05, 3.63) is 42.5 Å². The lowest BCUT2D eigenvalue weighted by molar-refractivity contribution is 0.0985. The van der Waals surface area contributed by atoms with Crippen LogP contribution < -0.4 is 10.6 Å². The summed E-state index contributed by atoms with van der Waals surface area (Å²) >= 11 is 0. The standard InChI is InChI=1S/C12H14N4O/c1-15-8-9(13)7-11(15)12(17)16(2)10-3-5-14-6-4-10/h3-8H,13H2,1-2H3. The lowest BCUT2D eigenvalue weighted by atomic mass is 10.3. The highest BCUT2D eigenvalue weighted by atomic mass is 16.2. The Balaban J connectivity index is 2.30. The van der Waals surface area contributed by atoms with Gasteiger partial charge in [0, 0.05) is 38.4 Å². The molecular weight excluding hydrogens is 216 g/mol. The van der Waals surface area contributed by atoms with Gasteiger partial charge in [-0.3, -0.25) is 9.78 Å². The summed E-state index contributed by atoms with van der Waals surface area (Å²) in [5.41, 5.74) is 7.59. The Morgan fingerprint density at radius 1 is 1.41 bits per heavy atom. The van der Waals surface area contributed by atoms with E-state index in [0.29, 0.717) is 11.4 Å². The molecule has 2 heterocycles. The van der Waals surface area contributed by atoms with E-state index in [1.807, 2.05) is 0 Å².